The summed E-state index contributed by atoms with van der Waals surface area (Å²) in [4.78, 5) is 11.3. The zero-order chi connectivity index (χ0) is 15.4. The average molecular weight is 366 g/mol. The minimum absolute atomic E-state index is 0.565. The molecular weight excluding hydrogens is 346 g/mol. The number of methoxy groups -OCH3 is 1. The van der Waals surface area contributed by atoms with E-state index in [0.717, 1.165) is 47.3 Å². The van der Waals surface area contributed by atoms with Crippen LogP contribution in [0.3, 0.4) is 0 Å². The molecule has 0 saturated carbocycles. The monoisotopic (exact) mass is 365 g/mol. The Bertz CT molecular complexity index is 638. The topological polar surface area (TPSA) is 47.5 Å². The van der Waals surface area contributed by atoms with Gasteiger partial charge in [-0.25, -0.2) is 0 Å². The van der Waals surface area contributed by atoms with Gasteiger partial charge in [0.2, 0.25) is 0 Å². The van der Waals surface area contributed by atoms with Crippen LogP contribution in [0.1, 0.15) is 6.42 Å². The summed E-state index contributed by atoms with van der Waals surface area (Å²) in [6.07, 6.45) is 4.83. The predicted molar refractivity (Wildman–Crippen MR) is 90.3 cm³/mol. The average Bonchev–Trinajstić information content (AvgIpc) is 2.99. The number of pyridine rings is 2. The number of hydrogen-bond acceptors (Lipinski definition) is 5. The Labute approximate surface area is 138 Å². The molecule has 0 N–H and O–H groups in total. The van der Waals surface area contributed by atoms with Crippen LogP contribution in [0.2, 0.25) is 0 Å². The third-order valence-electron chi connectivity index (χ3n) is 3.93. The first kappa shape index (κ1) is 15.6. The number of ether oxygens (including phenoxy) is 2. The van der Waals surface area contributed by atoms with E-state index in [1.54, 1.807) is 7.11 Å². The van der Waals surface area contributed by atoms with E-state index in [1.807, 2.05) is 18.5 Å². The van der Waals surface area contributed by atoms with Crippen LogP contribution in [-0.4, -0.2) is 50.0 Å². The van der Waals surface area contributed by atoms with Gasteiger partial charge in [-0.3, -0.25) is 9.97 Å². The van der Waals surface area contributed by atoms with Crippen molar-refractivity contribution >= 4 is 32.7 Å². The van der Waals surface area contributed by atoms with Gasteiger partial charge in [0, 0.05) is 43.0 Å². The van der Waals surface area contributed by atoms with Gasteiger partial charge in [-0.05, 0) is 34.5 Å². The highest BCUT2D eigenvalue weighted by atomic mass is 79.9. The molecule has 1 aliphatic rings. The Morgan fingerprint density at radius 3 is 3.14 bits per heavy atom. The molecule has 0 bridgehead atoms. The first-order chi connectivity index (χ1) is 10.8. The molecule has 3 rings (SSSR count). The Hall–Kier alpha value is -1.24. The first-order valence-corrected chi connectivity index (χ1v) is 8.29. The van der Waals surface area contributed by atoms with Gasteiger partial charge in [0.25, 0.3) is 0 Å². The Balaban J connectivity index is 1.68. The lowest BCUT2D eigenvalue weighted by atomic mass is 10.1. The summed E-state index contributed by atoms with van der Waals surface area (Å²) in [6, 6.07) is 4.06. The fourth-order valence-corrected chi connectivity index (χ4v) is 3.15. The molecule has 2 aromatic heterocycles. The molecule has 5 nitrogen and oxygen atoms in total. The summed E-state index contributed by atoms with van der Waals surface area (Å²) in [5.74, 6) is 0.565. The van der Waals surface area contributed by atoms with Crippen molar-refractivity contribution in [3.05, 3.63) is 29.0 Å². The predicted octanol–water partition coefficient (Wildman–Crippen LogP) is 2.88. The van der Waals surface area contributed by atoms with E-state index in [9.17, 15) is 0 Å². The molecule has 0 aliphatic carbocycles. The van der Waals surface area contributed by atoms with Crippen LogP contribution in [0.4, 0.5) is 5.69 Å². The molecule has 1 fully saturated rings. The summed E-state index contributed by atoms with van der Waals surface area (Å²) in [5.41, 5.74) is 3.05. The van der Waals surface area contributed by atoms with E-state index in [1.165, 1.54) is 0 Å². The number of rotatable bonds is 6. The molecule has 0 spiro atoms. The number of nitrogens with zero attached hydrogens (tertiary/aromatic N) is 3. The van der Waals surface area contributed by atoms with E-state index in [4.69, 9.17) is 9.47 Å². The van der Waals surface area contributed by atoms with Gasteiger partial charge in [0.05, 0.1) is 31.0 Å². The molecule has 1 aliphatic heterocycles. The summed E-state index contributed by atoms with van der Waals surface area (Å²) >= 11 is 3.45. The molecule has 3 heterocycles. The van der Waals surface area contributed by atoms with Gasteiger partial charge in [-0.15, -0.1) is 0 Å². The highest BCUT2D eigenvalue weighted by Crippen LogP contribution is 2.29. The van der Waals surface area contributed by atoms with Gasteiger partial charge >= 0.3 is 0 Å². The standard InChI is InChI=1S/C16H20BrN3O2/c1-21-6-7-22-11-12-3-5-20(10-12)15-2-4-18-14-8-13(17)9-19-16(14)15/h2,4,8-9,12H,3,5-7,10-11H2,1H3. The maximum atomic E-state index is 5.66. The van der Waals surface area contributed by atoms with Crippen LogP contribution in [0.5, 0.6) is 0 Å². The van der Waals surface area contributed by atoms with Crippen molar-refractivity contribution in [3.8, 4) is 0 Å². The molecule has 0 aromatic carbocycles. The van der Waals surface area contributed by atoms with Crippen LogP contribution in [0.15, 0.2) is 29.0 Å². The lowest BCUT2D eigenvalue weighted by Crippen LogP contribution is -2.22. The number of aromatic nitrogens is 2. The Morgan fingerprint density at radius 1 is 1.36 bits per heavy atom. The lowest BCUT2D eigenvalue weighted by molar-refractivity contribution is 0.0549. The van der Waals surface area contributed by atoms with Crippen molar-refractivity contribution in [1.29, 1.82) is 0 Å². The molecular formula is C16H20BrN3O2. The van der Waals surface area contributed by atoms with E-state index >= 15 is 0 Å². The Kier molecular flexibility index (Phi) is 5.23. The quantitative estimate of drug-likeness (QED) is 0.736. The molecule has 118 valence electrons. The van der Waals surface area contributed by atoms with E-state index < -0.39 is 0 Å². The number of anilines is 1. The number of fused-ring (bicyclic) bond motifs is 1. The highest BCUT2D eigenvalue weighted by Gasteiger charge is 2.24. The van der Waals surface area contributed by atoms with Crippen molar-refractivity contribution in [2.24, 2.45) is 5.92 Å². The molecule has 1 saturated heterocycles. The molecule has 6 heteroatoms. The lowest BCUT2D eigenvalue weighted by Gasteiger charge is -2.20. The molecule has 0 amide bonds. The van der Waals surface area contributed by atoms with E-state index in [-0.39, 0.29) is 0 Å². The second-order valence-corrected chi connectivity index (χ2v) is 6.44. The minimum atomic E-state index is 0.565. The van der Waals surface area contributed by atoms with Crippen molar-refractivity contribution in [2.75, 3.05) is 44.9 Å². The maximum Gasteiger partial charge on any atom is 0.112 e. The van der Waals surface area contributed by atoms with Crippen LogP contribution in [0.25, 0.3) is 11.0 Å². The number of hydrogen-bond donors (Lipinski definition) is 0. The molecule has 1 atom stereocenters. The van der Waals surface area contributed by atoms with Crippen LogP contribution in [-0.2, 0) is 9.47 Å². The fourth-order valence-electron chi connectivity index (χ4n) is 2.83. The van der Waals surface area contributed by atoms with Crippen LogP contribution in [0, 0.1) is 5.92 Å². The van der Waals surface area contributed by atoms with Crippen molar-refractivity contribution < 1.29 is 9.47 Å². The van der Waals surface area contributed by atoms with Crippen molar-refractivity contribution in [1.82, 2.24) is 9.97 Å². The molecule has 2 aromatic rings. The smallest absolute Gasteiger partial charge is 0.112 e. The van der Waals surface area contributed by atoms with Crippen molar-refractivity contribution in [3.63, 3.8) is 0 Å². The third kappa shape index (κ3) is 3.56. The highest BCUT2D eigenvalue weighted by molar-refractivity contribution is 9.10. The zero-order valence-corrected chi connectivity index (χ0v) is 14.3. The zero-order valence-electron chi connectivity index (χ0n) is 12.7. The van der Waals surface area contributed by atoms with Crippen LogP contribution >= 0.6 is 15.9 Å². The Morgan fingerprint density at radius 2 is 2.27 bits per heavy atom. The van der Waals surface area contributed by atoms with Crippen molar-refractivity contribution in [2.45, 2.75) is 6.42 Å². The molecule has 22 heavy (non-hydrogen) atoms. The van der Waals surface area contributed by atoms with Gasteiger partial charge in [0.1, 0.15) is 5.52 Å². The minimum Gasteiger partial charge on any atom is -0.382 e. The summed E-state index contributed by atoms with van der Waals surface area (Å²) < 4.78 is 11.6. The third-order valence-corrected chi connectivity index (χ3v) is 4.37. The van der Waals surface area contributed by atoms with Gasteiger partial charge < -0.3 is 14.4 Å². The van der Waals surface area contributed by atoms with Gasteiger partial charge in [-0.2, -0.15) is 0 Å². The second kappa shape index (κ2) is 7.35. The molecule has 1 unspecified atom stereocenters. The maximum absolute atomic E-state index is 5.66. The number of halogens is 1. The van der Waals surface area contributed by atoms with Crippen LogP contribution < -0.4 is 4.90 Å². The normalized spacial score (nSPS) is 18.3. The van der Waals surface area contributed by atoms with E-state index in [0.29, 0.717) is 19.1 Å². The van der Waals surface area contributed by atoms with Gasteiger partial charge in [0.15, 0.2) is 0 Å². The SMILES string of the molecule is COCCOCC1CCN(c2ccnc3cc(Br)cnc23)C1. The first-order valence-electron chi connectivity index (χ1n) is 7.50. The summed E-state index contributed by atoms with van der Waals surface area (Å²) in [5, 5.41) is 0. The summed E-state index contributed by atoms with van der Waals surface area (Å²) in [7, 11) is 1.70. The van der Waals surface area contributed by atoms with Gasteiger partial charge in [-0.1, -0.05) is 0 Å². The largest absolute Gasteiger partial charge is 0.382 e. The second-order valence-electron chi connectivity index (χ2n) is 5.52. The molecule has 0 radical (unpaired) electrons. The fraction of sp³-hybridized carbons (Fsp3) is 0.500. The summed E-state index contributed by atoms with van der Waals surface area (Å²) in [6.45, 7) is 4.16. The van der Waals surface area contributed by atoms with E-state index in [2.05, 4.69) is 36.9 Å².